The summed E-state index contributed by atoms with van der Waals surface area (Å²) in [5.74, 6) is 0.552. The summed E-state index contributed by atoms with van der Waals surface area (Å²) in [7, 11) is -2.31. The molecule has 0 unspecified atom stereocenters. The number of hydrogen-bond acceptors (Lipinski definition) is 7. The van der Waals surface area contributed by atoms with E-state index < -0.39 is 10.0 Å². The first-order valence-corrected chi connectivity index (χ1v) is 10.9. The van der Waals surface area contributed by atoms with Gasteiger partial charge in [0.25, 0.3) is 6.01 Å². The summed E-state index contributed by atoms with van der Waals surface area (Å²) in [6.45, 7) is 0.271. The Morgan fingerprint density at radius 2 is 1.87 bits per heavy atom. The van der Waals surface area contributed by atoms with Crippen LogP contribution < -0.4 is 10.5 Å². The van der Waals surface area contributed by atoms with Crippen molar-refractivity contribution in [2.45, 2.75) is 11.5 Å². The normalized spacial score (nSPS) is 11.4. The summed E-state index contributed by atoms with van der Waals surface area (Å²) in [6, 6.07) is 18.2. The Hall–Kier alpha value is -3.53. The van der Waals surface area contributed by atoms with Crippen molar-refractivity contribution in [2.75, 3.05) is 12.4 Å². The molecular formula is C22H20N4O4S. The quantitative estimate of drug-likeness (QED) is 0.450. The van der Waals surface area contributed by atoms with Gasteiger partial charge in [0, 0.05) is 35.7 Å². The van der Waals surface area contributed by atoms with Gasteiger partial charge in [-0.05, 0) is 30.3 Å². The van der Waals surface area contributed by atoms with Gasteiger partial charge in [0.15, 0.2) is 5.76 Å². The van der Waals surface area contributed by atoms with Crippen molar-refractivity contribution in [1.29, 1.82) is 0 Å². The minimum atomic E-state index is -3.86. The molecule has 2 aromatic carbocycles. The van der Waals surface area contributed by atoms with Crippen LogP contribution in [0, 0.1) is 0 Å². The lowest BCUT2D eigenvalue weighted by Gasteiger charge is -2.11. The van der Waals surface area contributed by atoms with Gasteiger partial charge >= 0.3 is 0 Å². The van der Waals surface area contributed by atoms with E-state index in [1.807, 2.05) is 42.5 Å². The summed E-state index contributed by atoms with van der Waals surface area (Å²) in [6.07, 6.45) is 3.34. The van der Waals surface area contributed by atoms with Crippen LogP contribution in [0.25, 0.3) is 22.6 Å². The number of rotatable bonds is 7. The SMILES string of the molecule is COCc1ccc(S(N)(=O)=O)cc1Nc1ncc(-c2cccc(-c3ccccn3)c2)o1. The van der Waals surface area contributed by atoms with Crippen molar-refractivity contribution >= 4 is 21.7 Å². The predicted octanol–water partition coefficient (Wildman–Crippen LogP) is 3.94. The minimum Gasteiger partial charge on any atom is -0.423 e. The molecular weight excluding hydrogens is 416 g/mol. The first-order valence-electron chi connectivity index (χ1n) is 9.33. The summed E-state index contributed by atoms with van der Waals surface area (Å²) in [5, 5.41) is 8.27. The van der Waals surface area contributed by atoms with Crippen LogP contribution in [0.15, 0.2) is 82.4 Å². The fourth-order valence-corrected chi connectivity index (χ4v) is 3.62. The Bertz CT molecular complexity index is 1300. The van der Waals surface area contributed by atoms with Crippen LogP contribution in [0.4, 0.5) is 11.7 Å². The molecule has 31 heavy (non-hydrogen) atoms. The van der Waals surface area contributed by atoms with Crippen LogP contribution in [-0.4, -0.2) is 25.5 Å². The molecule has 8 nitrogen and oxygen atoms in total. The van der Waals surface area contributed by atoms with Gasteiger partial charge in [-0.3, -0.25) is 4.98 Å². The minimum absolute atomic E-state index is 0.0234. The van der Waals surface area contributed by atoms with Crippen LogP contribution in [0.3, 0.4) is 0 Å². The zero-order chi connectivity index (χ0) is 21.8. The second-order valence-corrected chi connectivity index (χ2v) is 8.31. The molecule has 4 rings (SSSR count). The highest BCUT2D eigenvalue weighted by Gasteiger charge is 2.14. The van der Waals surface area contributed by atoms with Gasteiger partial charge in [0.05, 0.1) is 23.4 Å². The predicted molar refractivity (Wildman–Crippen MR) is 117 cm³/mol. The first kappa shape index (κ1) is 20.7. The second-order valence-electron chi connectivity index (χ2n) is 6.75. The van der Waals surface area contributed by atoms with Gasteiger partial charge in [0.1, 0.15) is 0 Å². The smallest absolute Gasteiger partial charge is 0.299 e. The molecule has 0 fully saturated rings. The highest BCUT2D eigenvalue weighted by atomic mass is 32.2. The molecule has 0 spiro atoms. The topological polar surface area (TPSA) is 120 Å². The maximum atomic E-state index is 11.7. The summed E-state index contributed by atoms with van der Waals surface area (Å²) >= 11 is 0. The third-order valence-corrected chi connectivity index (χ3v) is 5.48. The van der Waals surface area contributed by atoms with Crippen LogP contribution in [0.1, 0.15) is 5.56 Å². The van der Waals surface area contributed by atoms with Gasteiger partial charge in [-0.2, -0.15) is 0 Å². The number of hydrogen-bond donors (Lipinski definition) is 2. The zero-order valence-electron chi connectivity index (χ0n) is 16.6. The lowest BCUT2D eigenvalue weighted by atomic mass is 10.1. The lowest BCUT2D eigenvalue weighted by molar-refractivity contribution is 0.185. The number of benzene rings is 2. The van der Waals surface area contributed by atoms with E-state index in [1.54, 1.807) is 25.6 Å². The first-order chi connectivity index (χ1) is 14.9. The molecule has 0 aliphatic rings. The van der Waals surface area contributed by atoms with Gasteiger partial charge in [-0.15, -0.1) is 0 Å². The van der Waals surface area contributed by atoms with Crippen LogP contribution >= 0.6 is 0 Å². The standard InChI is InChI=1S/C22H20N4O4S/c1-29-14-17-8-9-18(31(23,27)28)12-20(17)26-22-25-13-21(30-22)16-6-4-5-15(11-16)19-7-2-3-10-24-19/h2-13H,14H2,1H3,(H,25,26)(H2,23,27,28). The van der Waals surface area contributed by atoms with Crippen LogP contribution in [0.5, 0.6) is 0 Å². The Kier molecular flexibility index (Phi) is 5.81. The summed E-state index contributed by atoms with van der Waals surface area (Å²) < 4.78 is 34.5. The van der Waals surface area contributed by atoms with Gasteiger partial charge in [-0.1, -0.05) is 30.3 Å². The van der Waals surface area contributed by atoms with E-state index in [4.69, 9.17) is 14.3 Å². The molecule has 0 radical (unpaired) electrons. The molecule has 0 aliphatic carbocycles. The Labute approximate surface area is 179 Å². The second kappa shape index (κ2) is 8.68. The van der Waals surface area contributed by atoms with E-state index in [0.717, 1.165) is 22.4 Å². The molecule has 3 N–H and O–H groups in total. The highest BCUT2D eigenvalue weighted by molar-refractivity contribution is 7.89. The molecule has 4 aromatic rings. The van der Waals surface area contributed by atoms with Crippen molar-refractivity contribution in [3.63, 3.8) is 0 Å². The number of methoxy groups -OCH3 is 1. The van der Waals surface area contributed by atoms with Gasteiger partial charge < -0.3 is 14.5 Å². The number of nitrogens with one attached hydrogen (secondary N) is 1. The van der Waals surface area contributed by atoms with Crippen molar-refractivity contribution in [1.82, 2.24) is 9.97 Å². The fourth-order valence-electron chi connectivity index (χ4n) is 3.08. The molecule has 158 valence electrons. The van der Waals surface area contributed by atoms with Crippen LogP contribution in [-0.2, 0) is 21.4 Å². The van der Waals surface area contributed by atoms with Crippen molar-refractivity contribution in [3.8, 4) is 22.6 Å². The Morgan fingerprint density at radius 1 is 1.03 bits per heavy atom. The lowest BCUT2D eigenvalue weighted by Crippen LogP contribution is -2.13. The fraction of sp³-hybridized carbons (Fsp3) is 0.0909. The molecule has 0 saturated heterocycles. The number of aromatic nitrogens is 2. The van der Waals surface area contributed by atoms with E-state index in [2.05, 4.69) is 15.3 Å². The number of oxazole rings is 1. The summed E-state index contributed by atoms with van der Waals surface area (Å²) in [5.41, 5.74) is 3.84. The van der Waals surface area contributed by atoms with E-state index >= 15 is 0 Å². The molecule has 2 aromatic heterocycles. The zero-order valence-corrected chi connectivity index (χ0v) is 17.5. The maximum absolute atomic E-state index is 11.7. The van der Waals surface area contributed by atoms with Crippen molar-refractivity contribution in [2.24, 2.45) is 5.14 Å². The maximum Gasteiger partial charge on any atom is 0.299 e. The molecule has 2 heterocycles. The average molecular weight is 436 g/mol. The number of sulfonamides is 1. The van der Waals surface area contributed by atoms with Gasteiger partial charge in [-0.25, -0.2) is 18.5 Å². The number of anilines is 2. The van der Waals surface area contributed by atoms with Crippen LogP contribution in [0.2, 0.25) is 0 Å². The number of nitrogens with zero attached hydrogens (tertiary/aromatic N) is 2. The molecule has 0 atom stereocenters. The molecule has 0 bridgehead atoms. The Balaban J connectivity index is 1.63. The number of pyridine rings is 1. The third kappa shape index (κ3) is 4.80. The van der Waals surface area contributed by atoms with Gasteiger partial charge in [0.2, 0.25) is 10.0 Å². The molecule has 9 heteroatoms. The van der Waals surface area contributed by atoms with E-state index in [1.165, 1.54) is 12.1 Å². The van der Waals surface area contributed by atoms with Crippen molar-refractivity contribution < 1.29 is 17.6 Å². The number of ether oxygens (including phenoxy) is 1. The summed E-state index contributed by atoms with van der Waals surface area (Å²) in [4.78, 5) is 8.62. The number of nitrogens with two attached hydrogens (primary N) is 1. The third-order valence-electron chi connectivity index (χ3n) is 4.56. The average Bonchev–Trinajstić information content (AvgIpc) is 3.24. The highest BCUT2D eigenvalue weighted by Crippen LogP contribution is 2.29. The Morgan fingerprint density at radius 3 is 2.61 bits per heavy atom. The van der Waals surface area contributed by atoms with E-state index in [0.29, 0.717) is 11.4 Å². The number of primary sulfonamides is 1. The molecule has 0 saturated carbocycles. The van der Waals surface area contributed by atoms with E-state index in [-0.39, 0.29) is 17.5 Å². The van der Waals surface area contributed by atoms with E-state index in [9.17, 15) is 8.42 Å². The molecule has 0 aliphatic heterocycles. The largest absolute Gasteiger partial charge is 0.423 e. The molecule has 0 amide bonds. The van der Waals surface area contributed by atoms with Crippen molar-refractivity contribution in [3.05, 3.63) is 78.6 Å². The monoisotopic (exact) mass is 436 g/mol.